The molecule has 6 nitrogen and oxygen atoms in total. The predicted molar refractivity (Wildman–Crippen MR) is 122 cm³/mol. The van der Waals surface area contributed by atoms with Gasteiger partial charge in [0.25, 0.3) is 0 Å². The molecule has 3 aromatic carbocycles. The first kappa shape index (κ1) is 21.8. The van der Waals surface area contributed by atoms with Crippen LogP contribution >= 0.6 is 0 Å². The summed E-state index contributed by atoms with van der Waals surface area (Å²) >= 11 is 0. The Morgan fingerprint density at radius 1 is 1.06 bits per heavy atom. The summed E-state index contributed by atoms with van der Waals surface area (Å²) in [4.78, 5) is 15.6. The van der Waals surface area contributed by atoms with E-state index in [1.165, 1.54) is 18.2 Å². The summed E-state index contributed by atoms with van der Waals surface area (Å²) in [7, 11) is 0. The number of halogens is 1. The van der Waals surface area contributed by atoms with Crippen LogP contribution in [0.2, 0.25) is 0 Å². The van der Waals surface area contributed by atoms with Crippen molar-refractivity contribution in [3.63, 3.8) is 0 Å². The van der Waals surface area contributed by atoms with Gasteiger partial charge in [-0.3, -0.25) is 0 Å². The highest BCUT2D eigenvalue weighted by Gasteiger charge is 2.19. The average molecular weight is 442 g/mol. The van der Waals surface area contributed by atoms with Gasteiger partial charge in [0.2, 0.25) is 0 Å². The number of nitriles is 1. The predicted octanol–water partition coefficient (Wildman–Crippen LogP) is 5.44. The number of carboxylic acids is 1. The van der Waals surface area contributed by atoms with Crippen molar-refractivity contribution in [2.75, 3.05) is 13.2 Å². The third-order valence-corrected chi connectivity index (χ3v) is 5.01. The molecule has 0 radical (unpaired) electrons. The maximum atomic E-state index is 13.9. The monoisotopic (exact) mass is 442 g/mol. The Hall–Kier alpha value is -4.44. The SMILES string of the molecule is CCOc1ccccc1-c1ccc(-c2nc3ccc(F)cc3c(OCC(=O)O)c2C#N)cc1. The Morgan fingerprint density at radius 3 is 2.48 bits per heavy atom. The fourth-order valence-corrected chi connectivity index (χ4v) is 3.60. The second-order valence-corrected chi connectivity index (χ2v) is 7.13. The minimum atomic E-state index is -1.21. The van der Waals surface area contributed by atoms with Crippen molar-refractivity contribution in [3.05, 3.63) is 78.1 Å². The number of carboxylic acid groups (broad SMARTS) is 1. The van der Waals surface area contributed by atoms with Gasteiger partial charge in [0.15, 0.2) is 6.61 Å². The maximum absolute atomic E-state index is 13.9. The molecule has 0 unspecified atom stereocenters. The van der Waals surface area contributed by atoms with Crippen LogP contribution < -0.4 is 9.47 Å². The molecular weight excluding hydrogens is 423 g/mol. The zero-order chi connectivity index (χ0) is 23.4. The minimum Gasteiger partial charge on any atom is -0.493 e. The van der Waals surface area contributed by atoms with E-state index in [2.05, 4.69) is 4.98 Å². The highest BCUT2D eigenvalue weighted by atomic mass is 19.1. The number of aliphatic carboxylic acids is 1. The molecule has 1 N–H and O–H groups in total. The molecule has 0 fully saturated rings. The Labute approximate surface area is 189 Å². The van der Waals surface area contributed by atoms with E-state index in [-0.39, 0.29) is 16.7 Å². The number of rotatable bonds is 7. The third-order valence-electron chi connectivity index (χ3n) is 5.01. The molecule has 0 bridgehead atoms. The molecule has 33 heavy (non-hydrogen) atoms. The van der Waals surface area contributed by atoms with E-state index in [0.717, 1.165) is 16.9 Å². The molecule has 0 amide bonds. The van der Waals surface area contributed by atoms with E-state index in [9.17, 15) is 14.4 Å². The Balaban J connectivity index is 1.84. The van der Waals surface area contributed by atoms with Crippen LogP contribution in [0.15, 0.2) is 66.7 Å². The maximum Gasteiger partial charge on any atom is 0.341 e. The summed E-state index contributed by atoms with van der Waals surface area (Å²) in [6, 6.07) is 21.1. The second-order valence-electron chi connectivity index (χ2n) is 7.13. The first-order chi connectivity index (χ1) is 16.0. The number of benzene rings is 3. The third kappa shape index (κ3) is 4.46. The number of ether oxygens (including phenoxy) is 2. The van der Waals surface area contributed by atoms with Gasteiger partial charge in [0.1, 0.15) is 28.9 Å². The summed E-state index contributed by atoms with van der Waals surface area (Å²) < 4.78 is 25.0. The summed E-state index contributed by atoms with van der Waals surface area (Å²) in [6.07, 6.45) is 0. The number of fused-ring (bicyclic) bond motifs is 1. The van der Waals surface area contributed by atoms with E-state index in [0.29, 0.717) is 23.4 Å². The van der Waals surface area contributed by atoms with Crippen LogP contribution in [-0.4, -0.2) is 29.3 Å². The molecule has 1 heterocycles. The molecule has 164 valence electrons. The quantitative estimate of drug-likeness (QED) is 0.410. The van der Waals surface area contributed by atoms with E-state index < -0.39 is 18.4 Å². The lowest BCUT2D eigenvalue weighted by atomic mass is 9.99. The van der Waals surface area contributed by atoms with Crippen LogP contribution in [0.25, 0.3) is 33.3 Å². The average Bonchev–Trinajstić information content (AvgIpc) is 2.82. The number of aromatic nitrogens is 1. The molecule has 0 spiro atoms. The number of nitrogens with zero attached hydrogens (tertiary/aromatic N) is 2. The molecule has 0 aliphatic rings. The van der Waals surface area contributed by atoms with Crippen molar-refractivity contribution in [1.82, 2.24) is 4.98 Å². The van der Waals surface area contributed by atoms with Crippen molar-refractivity contribution < 1.29 is 23.8 Å². The number of carbonyl (C=O) groups is 1. The van der Waals surface area contributed by atoms with Gasteiger partial charge < -0.3 is 14.6 Å². The number of para-hydroxylation sites is 1. The molecule has 0 aliphatic heterocycles. The highest BCUT2D eigenvalue weighted by molar-refractivity contribution is 5.92. The van der Waals surface area contributed by atoms with Gasteiger partial charge in [0.05, 0.1) is 17.8 Å². The molecule has 0 saturated heterocycles. The fourth-order valence-electron chi connectivity index (χ4n) is 3.60. The van der Waals surface area contributed by atoms with Crippen molar-refractivity contribution in [1.29, 1.82) is 5.26 Å². The minimum absolute atomic E-state index is 0.00910. The molecule has 0 saturated carbocycles. The first-order valence-electron chi connectivity index (χ1n) is 10.2. The van der Waals surface area contributed by atoms with Crippen LogP contribution in [0.5, 0.6) is 11.5 Å². The molecular formula is C26H19FN2O4. The van der Waals surface area contributed by atoms with Crippen molar-refractivity contribution in [3.8, 4) is 40.0 Å². The molecule has 4 aromatic rings. The van der Waals surface area contributed by atoms with Crippen molar-refractivity contribution >= 4 is 16.9 Å². The van der Waals surface area contributed by atoms with Gasteiger partial charge in [-0.1, -0.05) is 42.5 Å². The van der Waals surface area contributed by atoms with Crippen LogP contribution in [0.4, 0.5) is 4.39 Å². The Morgan fingerprint density at radius 2 is 1.79 bits per heavy atom. The van der Waals surface area contributed by atoms with Gasteiger partial charge in [-0.25, -0.2) is 14.2 Å². The second kappa shape index (κ2) is 9.37. The van der Waals surface area contributed by atoms with Crippen LogP contribution in [-0.2, 0) is 4.79 Å². The van der Waals surface area contributed by atoms with E-state index in [1.807, 2.05) is 61.5 Å². The van der Waals surface area contributed by atoms with Gasteiger partial charge in [-0.2, -0.15) is 5.26 Å². The lowest BCUT2D eigenvalue weighted by molar-refractivity contribution is -0.139. The smallest absolute Gasteiger partial charge is 0.341 e. The molecule has 4 rings (SSSR count). The number of pyridine rings is 1. The highest BCUT2D eigenvalue weighted by Crippen LogP contribution is 2.37. The largest absolute Gasteiger partial charge is 0.493 e. The van der Waals surface area contributed by atoms with E-state index in [1.54, 1.807) is 0 Å². The van der Waals surface area contributed by atoms with Gasteiger partial charge in [-0.05, 0) is 36.8 Å². The molecule has 7 heteroatoms. The first-order valence-corrected chi connectivity index (χ1v) is 10.2. The zero-order valence-electron chi connectivity index (χ0n) is 17.7. The Kier molecular flexibility index (Phi) is 6.18. The van der Waals surface area contributed by atoms with Gasteiger partial charge in [-0.15, -0.1) is 0 Å². The summed E-state index contributed by atoms with van der Waals surface area (Å²) in [5.74, 6) is -0.997. The summed E-state index contributed by atoms with van der Waals surface area (Å²) in [6.45, 7) is 1.79. The standard InChI is InChI=1S/C26H19FN2O4/c1-2-32-23-6-4-3-5-19(23)16-7-9-17(10-8-16)25-21(14-28)26(33-15-24(30)31)20-13-18(27)11-12-22(20)29-25/h3-13H,2,15H2,1H3,(H,30,31). The lowest BCUT2D eigenvalue weighted by Gasteiger charge is -2.14. The van der Waals surface area contributed by atoms with Crippen molar-refractivity contribution in [2.45, 2.75) is 6.92 Å². The van der Waals surface area contributed by atoms with E-state index in [4.69, 9.17) is 14.6 Å². The van der Waals surface area contributed by atoms with Crippen LogP contribution in [0.1, 0.15) is 12.5 Å². The van der Waals surface area contributed by atoms with Crippen molar-refractivity contribution in [2.24, 2.45) is 0 Å². The molecule has 0 aliphatic carbocycles. The summed E-state index contributed by atoms with van der Waals surface area (Å²) in [5, 5.41) is 19.1. The van der Waals surface area contributed by atoms with Crippen LogP contribution in [0, 0.1) is 17.1 Å². The molecule has 1 aromatic heterocycles. The number of hydrogen-bond acceptors (Lipinski definition) is 5. The summed E-state index contributed by atoms with van der Waals surface area (Å²) in [5.41, 5.74) is 3.23. The topological polar surface area (TPSA) is 92.4 Å². The molecule has 0 atom stereocenters. The zero-order valence-corrected chi connectivity index (χ0v) is 17.7. The number of hydrogen-bond donors (Lipinski definition) is 1. The van der Waals surface area contributed by atoms with Gasteiger partial charge >= 0.3 is 5.97 Å². The fraction of sp³-hybridized carbons (Fsp3) is 0.115. The normalized spacial score (nSPS) is 10.6. The van der Waals surface area contributed by atoms with Gasteiger partial charge in [0, 0.05) is 16.5 Å². The van der Waals surface area contributed by atoms with Crippen LogP contribution in [0.3, 0.4) is 0 Å². The Bertz CT molecular complexity index is 1380. The van der Waals surface area contributed by atoms with E-state index >= 15 is 0 Å². The lowest BCUT2D eigenvalue weighted by Crippen LogP contribution is -2.11.